The lowest BCUT2D eigenvalue weighted by atomic mass is 10.0. The molecule has 4 nitrogen and oxygen atoms in total. The Balaban J connectivity index is 1.85. The second-order valence-corrected chi connectivity index (χ2v) is 6.54. The molecule has 138 valence electrons. The van der Waals surface area contributed by atoms with E-state index in [1.165, 1.54) is 0 Å². The third-order valence-electron chi connectivity index (χ3n) is 4.32. The van der Waals surface area contributed by atoms with E-state index in [2.05, 4.69) is 22.8 Å². The van der Waals surface area contributed by atoms with Gasteiger partial charge in [-0.15, -0.1) is 0 Å². The average Bonchev–Trinajstić information content (AvgIpc) is 2.70. The molecule has 0 unspecified atom stereocenters. The van der Waals surface area contributed by atoms with Crippen molar-refractivity contribution >= 4 is 28.7 Å². The molecule has 3 rings (SSSR count). The van der Waals surface area contributed by atoms with Crippen molar-refractivity contribution in [1.29, 1.82) is 0 Å². The highest BCUT2D eigenvalue weighted by molar-refractivity contribution is 7.80. The van der Waals surface area contributed by atoms with Gasteiger partial charge in [0, 0.05) is 11.3 Å². The standard InChI is InChI=1S/C22H22N2O2S/c1-15-7-6-10-18(14-25)21(15)24-22(27)23-19-13-17(11-12-20(19)26-2)16-8-4-3-5-9-16/h3-13,25H,14H2,1-2H3,(H2,23,24,27). The molecule has 0 fully saturated rings. The van der Waals surface area contributed by atoms with E-state index in [1.54, 1.807) is 7.11 Å². The Hall–Kier alpha value is -2.89. The number of para-hydroxylation sites is 1. The Labute approximate surface area is 164 Å². The minimum absolute atomic E-state index is 0.0561. The fourth-order valence-electron chi connectivity index (χ4n) is 2.92. The first-order valence-electron chi connectivity index (χ1n) is 8.63. The molecule has 0 radical (unpaired) electrons. The Morgan fingerprint density at radius 3 is 2.44 bits per heavy atom. The zero-order valence-corrected chi connectivity index (χ0v) is 16.1. The molecule has 3 N–H and O–H groups in total. The maximum absolute atomic E-state index is 9.57. The predicted molar refractivity (Wildman–Crippen MR) is 115 cm³/mol. The van der Waals surface area contributed by atoms with E-state index in [0.29, 0.717) is 10.9 Å². The van der Waals surface area contributed by atoms with Gasteiger partial charge in [0.15, 0.2) is 5.11 Å². The van der Waals surface area contributed by atoms with Gasteiger partial charge < -0.3 is 20.5 Å². The summed E-state index contributed by atoms with van der Waals surface area (Å²) in [7, 11) is 1.63. The molecule has 3 aromatic carbocycles. The topological polar surface area (TPSA) is 53.5 Å². The normalized spacial score (nSPS) is 10.3. The summed E-state index contributed by atoms with van der Waals surface area (Å²) < 4.78 is 5.47. The molecule has 0 bridgehead atoms. The number of rotatable bonds is 5. The first-order chi connectivity index (χ1) is 13.1. The van der Waals surface area contributed by atoms with Gasteiger partial charge >= 0.3 is 0 Å². The highest BCUT2D eigenvalue weighted by Gasteiger charge is 2.10. The van der Waals surface area contributed by atoms with Crippen LogP contribution in [0.15, 0.2) is 66.7 Å². The molecule has 0 amide bonds. The van der Waals surface area contributed by atoms with Crippen LogP contribution in [0.2, 0.25) is 0 Å². The van der Waals surface area contributed by atoms with Gasteiger partial charge in [0.1, 0.15) is 5.75 Å². The molecule has 0 saturated carbocycles. The highest BCUT2D eigenvalue weighted by atomic mass is 32.1. The van der Waals surface area contributed by atoms with Crippen molar-refractivity contribution in [1.82, 2.24) is 0 Å². The van der Waals surface area contributed by atoms with Crippen LogP contribution in [0, 0.1) is 6.92 Å². The van der Waals surface area contributed by atoms with Crippen LogP contribution in [0.3, 0.4) is 0 Å². The second-order valence-electron chi connectivity index (χ2n) is 6.13. The van der Waals surface area contributed by atoms with Crippen LogP contribution < -0.4 is 15.4 Å². The van der Waals surface area contributed by atoms with Gasteiger partial charge in [-0.3, -0.25) is 0 Å². The van der Waals surface area contributed by atoms with E-state index >= 15 is 0 Å². The van der Waals surface area contributed by atoms with Gasteiger partial charge in [0.05, 0.1) is 19.4 Å². The van der Waals surface area contributed by atoms with Crippen molar-refractivity contribution in [2.45, 2.75) is 13.5 Å². The van der Waals surface area contributed by atoms with Crippen LogP contribution in [0.1, 0.15) is 11.1 Å². The molecule has 27 heavy (non-hydrogen) atoms. The molecule has 0 heterocycles. The maximum Gasteiger partial charge on any atom is 0.175 e. The number of aliphatic hydroxyl groups excluding tert-OH is 1. The first-order valence-corrected chi connectivity index (χ1v) is 9.04. The maximum atomic E-state index is 9.57. The summed E-state index contributed by atoms with van der Waals surface area (Å²) in [6, 6.07) is 21.8. The molecule has 0 aliphatic rings. The number of methoxy groups -OCH3 is 1. The van der Waals surface area contributed by atoms with Gasteiger partial charge in [0.2, 0.25) is 0 Å². The quantitative estimate of drug-likeness (QED) is 0.547. The first kappa shape index (κ1) is 18.9. The number of hydrogen-bond acceptors (Lipinski definition) is 3. The Morgan fingerprint density at radius 2 is 1.74 bits per heavy atom. The number of anilines is 2. The minimum Gasteiger partial charge on any atom is -0.495 e. The fourth-order valence-corrected chi connectivity index (χ4v) is 3.13. The van der Waals surface area contributed by atoms with Gasteiger partial charge in [0.25, 0.3) is 0 Å². The summed E-state index contributed by atoms with van der Waals surface area (Å²) in [4.78, 5) is 0. The third kappa shape index (κ3) is 4.45. The molecule has 0 aliphatic heterocycles. The Kier molecular flexibility index (Phi) is 6.06. The van der Waals surface area contributed by atoms with E-state index in [1.807, 2.05) is 61.5 Å². The average molecular weight is 378 g/mol. The number of benzene rings is 3. The van der Waals surface area contributed by atoms with Crippen LogP contribution >= 0.6 is 12.2 Å². The van der Waals surface area contributed by atoms with Crippen molar-refractivity contribution in [3.63, 3.8) is 0 Å². The van der Waals surface area contributed by atoms with E-state index in [4.69, 9.17) is 17.0 Å². The lowest BCUT2D eigenvalue weighted by molar-refractivity contribution is 0.282. The van der Waals surface area contributed by atoms with Crippen molar-refractivity contribution in [3.8, 4) is 16.9 Å². The molecule has 0 aromatic heterocycles. The zero-order valence-electron chi connectivity index (χ0n) is 15.3. The Bertz CT molecular complexity index is 942. The number of nitrogens with one attached hydrogen (secondary N) is 2. The molecule has 3 aromatic rings. The number of aryl methyl sites for hydroxylation is 1. The molecule has 0 spiro atoms. The predicted octanol–water partition coefficient (Wildman–Crippen LogP) is 4.97. The summed E-state index contributed by atoms with van der Waals surface area (Å²) in [6.45, 7) is 1.92. The van der Waals surface area contributed by atoms with Gasteiger partial charge in [-0.2, -0.15) is 0 Å². The van der Waals surface area contributed by atoms with Crippen LogP contribution in [-0.4, -0.2) is 17.3 Å². The van der Waals surface area contributed by atoms with Crippen molar-refractivity contribution in [3.05, 3.63) is 77.9 Å². The SMILES string of the molecule is COc1ccc(-c2ccccc2)cc1NC(=S)Nc1c(C)cccc1CO. The monoisotopic (exact) mass is 378 g/mol. The number of ether oxygens (including phenoxy) is 1. The second kappa shape index (κ2) is 8.66. The zero-order chi connectivity index (χ0) is 19.2. The van der Waals surface area contributed by atoms with E-state index in [0.717, 1.165) is 33.6 Å². The smallest absolute Gasteiger partial charge is 0.175 e. The van der Waals surface area contributed by atoms with Crippen LogP contribution in [0.5, 0.6) is 5.75 Å². The van der Waals surface area contributed by atoms with Gasteiger partial charge in [-0.1, -0.05) is 54.6 Å². The lowest BCUT2D eigenvalue weighted by Crippen LogP contribution is -2.21. The minimum atomic E-state index is -0.0561. The molecule has 0 aliphatic carbocycles. The molecule has 0 atom stereocenters. The summed E-state index contributed by atoms with van der Waals surface area (Å²) >= 11 is 5.49. The van der Waals surface area contributed by atoms with Crippen molar-refractivity contribution < 1.29 is 9.84 Å². The summed E-state index contributed by atoms with van der Waals surface area (Å²) in [6.07, 6.45) is 0. The lowest BCUT2D eigenvalue weighted by Gasteiger charge is -2.17. The number of thiocarbonyl (C=S) groups is 1. The molecule has 5 heteroatoms. The summed E-state index contributed by atoms with van der Waals surface area (Å²) in [5.74, 6) is 0.700. The Morgan fingerprint density at radius 1 is 0.963 bits per heavy atom. The largest absolute Gasteiger partial charge is 0.495 e. The van der Waals surface area contributed by atoms with Gasteiger partial charge in [-0.05, 0) is 48.0 Å². The van der Waals surface area contributed by atoms with E-state index < -0.39 is 0 Å². The highest BCUT2D eigenvalue weighted by Crippen LogP contribution is 2.31. The summed E-state index contributed by atoms with van der Waals surface area (Å²) in [5.41, 5.74) is 5.57. The van der Waals surface area contributed by atoms with Crippen molar-refractivity contribution in [2.75, 3.05) is 17.7 Å². The van der Waals surface area contributed by atoms with Crippen molar-refractivity contribution in [2.24, 2.45) is 0 Å². The number of aliphatic hydroxyl groups is 1. The van der Waals surface area contributed by atoms with Crippen LogP contribution in [0.25, 0.3) is 11.1 Å². The van der Waals surface area contributed by atoms with E-state index in [-0.39, 0.29) is 6.61 Å². The molecular formula is C22H22N2O2S. The summed E-state index contributed by atoms with van der Waals surface area (Å²) in [5, 5.41) is 16.4. The van der Waals surface area contributed by atoms with E-state index in [9.17, 15) is 5.11 Å². The number of hydrogen-bond donors (Lipinski definition) is 3. The van der Waals surface area contributed by atoms with Gasteiger partial charge in [-0.25, -0.2) is 0 Å². The molecule has 0 saturated heterocycles. The van der Waals surface area contributed by atoms with Crippen LogP contribution in [-0.2, 0) is 6.61 Å². The van der Waals surface area contributed by atoms with Crippen LogP contribution in [0.4, 0.5) is 11.4 Å². The molecular weight excluding hydrogens is 356 g/mol. The third-order valence-corrected chi connectivity index (χ3v) is 4.53. The fraction of sp³-hybridized carbons (Fsp3) is 0.136.